The lowest BCUT2D eigenvalue weighted by molar-refractivity contribution is 0.110. The second-order valence-electron chi connectivity index (χ2n) is 4.91. The largest absolute Gasteiger partial charge is 0.377 e. The molecular formula is C15H20N2OS. The highest BCUT2D eigenvalue weighted by atomic mass is 32.2. The standard InChI is InChI=1S/C15H20N2OS/c1-2-6-14-12(4-1)10-15(17-14)19-9-7-16-11-13-5-3-8-18-13/h1-2,4,6,10,13,16-17H,3,5,7-9,11H2. The Morgan fingerprint density at radius 3 is 3.16 bits per heavy atom. The molecule has 1 atom stereocenters. The zero-order valence-electron chi connectivity index (χ0n) is 11.0. The Bertz CT molecular complexity index is 487. The number of hydrogen-bond donors (Lipinski definition) is 2. The van der Waals surface area contributed by atoms with Crippen LogP contribution in [0.4, 0.5) is 0 Å². The monoisotopic (exact) mass is 276 g/mol. The van der Waals surface area contributed by atoms with E-state index in [2.05, 4.69) is 40.6 Å². The zero-order chi connectivity index (χ0) is 12.9. The molecule has 1 aromatic heterocycles. The minimum Gasteiger partial charge on any atom is -0.377 e. The highest BCUT2D eigenvalue weighted by Crippen LogP contribution is 2.22. The number of benzene rings is 1. The van der Waals surface area contributed by atoms with Gasteiger partial charge in [-0.05, 0) is 25.0 Å². The van der Waals surface area contributed by atoms with Crippen molar-refractivity contribution < 1.29 is 4.74 Å². The Morgan fingerprint density at radius 1 is 1.37 bits per heavy atom. The van der Waals surface area contributed by atoms with Crippen LogP contribution in [0.1, 0.15) is 12.8 Å². The van der Waals surface area contributed by atoms with Gasteiger partial charge in [-0.3, -0.25) is 0 Å². The van der Waals surface area contributed by atoms with E-state index in [1.165, 1.54) is 28.8 Å². The van der Waals surface area contributed by atoms with Crippen molar-refractivity contribution in [3.05, 3.63) is 30.3 Å². The van der Waals surface area contributed by atoms with Gasteiger partial charge in [0.2, 0.25) is 0 Å². The van der Waals surface area contributed by atoms with E-state index < -0.39 is 0 Å². The van der Waals surface area contributed by atoms with E-state index in [-0.39, 0.29) is 0 Å². The maximum atomic E-state index is 5.58. The van der Waals surface area contributed by atoms with Gasteiger partial charge in [0, 0.05) is 36.4 Å². The van der Waals surface area contributed by atoms with Crippen molar-refractivity contribution in [3.8, 4) is 0 Å². The average molecular weight is 276 g/mol. The molecule has 19 heavy (non-hydrogen) atoms. The lowest BCUT2D eigenvalue weighted by Crippen LogP contribution is -2.27. The van der Waals surface area contributed by atoms with Crippen LogP contribution >= 0.6 is 11.8 Å². The van der Waals surface area contributed by atoms with E-state index >= 15 is 0 Å². The smallest absolute Gasteiger partial charge is 0.0732 e. The zero-order valence-corrected chi connectivity index (χ0v) is 11.8. The molecular weight excluding hydrogens is 256 g/mol. The van der Waals surface area contributed by atoms with Crippen LogP contribution < -0.4 is 5.32 Å². The second kappa shape index (κ2) is 6.46. The number of fused-ring (bicyclic) bond motifs is 1. The predicted molar refractivity (Wildman–Crippen MR) is 80.9 cm³/mol. The van der Waals surface area contributed by atoms with Crippen molar-refractivity contribution in [1.82, 2.24) is 10.3 Å². The number of ether oxygens (including phenoxy) is 1. The molecule has 1 aliphatic heterocycles. The van der Waals surface area contributed by atoms with E-state index in [9.17, 15) is 0 Å². The van der Waals surface area contributed by atoms with E-state index in [0.717, 1.165) is 25.4 Å². The summed E-state index contributed by atoms with van der Waals surface area (Å²) in [6.45, 7) is 2.96. The Hall–Kier alpha value is -0.970. The molecule has 2 N–H and O–H groups in total. The van der Waals surface area contributed by atoms with Gasteiger partial charge in [0.1, 0.15) is 0 Å². The Labute approximate surface area is 118 Å². The summed E-state index contributed by atoms with van der Waals surface area (Å²) in [7, 11) is 0. The first-order chi connectivity index (χ1) is 9.42. The van der Waals surface area contributed by atoms with E-state index in [1.54, 1.807) is 0 Å². The van der Waals surface area contributed by atoms with Crippen LogP contribution in [0.5, 0.6) is 0 Å². The molecule has 0 bridgehead atoms. The van der Waals surface area contributed by atoms with Crippen LogP contribution in [0, 0.1) is 0 Å². The van der Waals surface area contributed by atoms with E-state index in [1.807, 2.05) is 11.8 Å². The molecule has 2 aromatic rings. The van der Waals surface area contributed by atoms with Gasteiger partial charge in [-0.15, -0.1) is 11.8 Å². The number of thioether (sulfide) groups is 1. The summed E-state index contributed by atoms with van der Waals surface area (Å²) in [6.07, 6.45) is 2.87. The summed E-state index contributed by atoms with van der Waals surface area (Å²) in [5.74, 6) is 1.08. The summed E-state index contributed by atoms with van der Waals surface area (Å²) < 4.78 is 5.58. The predicted octanol–water partition coefficient (Wildman–Crippen LogP) is 3.03. The Kier molecular flexibility index (Phi) is 4.43. The van der Waals surface area contributed by atoms with Gasteiger partial charge in [-0.1, -0.05) is 18.2 Å². The first kappa shape index (κ1) is 13.0. The van der Waals surface area contributed by atoms with Crippen LogP contribution in [0.15, 0.2) is 35.4 Å². The summed E-state index contributed by atoms with van der Waals surface area (Å²) in [4.78, 5) is 3.44. The van der Waals surface area contributed by atoms with Crippen molar-refractivity contribution in [1.29, 1.82) is 0 Å². The van der Waals surface area contributed by atoms with Crippen molar-refractivity contribution in [2.45, 2.75) is 24.0 Å². The van der Waals surface area contributed by atoms with Gasteiger partial charge in [-0.2, -0.15) is 0 Å². The number of aromatic amines is 1. The molecule has 2 heterocycles. The number of hydrogen-bond acceptors (Lipinski definition) is 3. The molecule has 102 valence electrons. The van der Waals surface area contributed by atoms with Gasteiger partial charge < -0.3 is 15.0 Å². The van der Waals surface area contributed by atoms with Crippen LogP contribution in [-0.2, 0) is 4.74 Å². The minimum absolute atomic E-state index is 0.443. The molecule has 1 aliphatic rings. The van der Waals surface area contributed by atoms with Crippen molar-refractivity contribution in [2.24, 2.45) is 0 Å². The molecule has 0 spiro atoms. The highest BCUT2D eigenvalue weighted by molar-refractivity contribution is 7.99. The molecule has 1 fully saturated rings. The lowest BCUT2D eigenvalue weighted by atomic mass is 10.2. The molecule has 0 amide bonds. The maximum absolute atomic E-state index is 5.58. The molecule has 1 aromatic carbocycles. The van der Waals surface area contributed by atoms with Crippen LogP contribution in [0.3, 0.4) is 0 Å². The fourth-order valence-corrected chi connectivity index (χ4v) is 3.28. The van der Waals surface area contributed by atoms with E-state index in [4.69, 9.17) is 4.74 Å². The fraction of sp³-hybridized carbons (Fsp3) is 0.467. The topological polar surface area (TPSA) is 37.0 Å². The molecule has 3 rings (SSSR count). The van der Waals surface area contributed by atoms with Gasteiger partial charge in [0.05, 0.1) is 11.1 Å². The normalized spacial score (nSPS) is 19.3. The van der Waals surface area contributed by atoms with E-state index in [0.29, 0.717) is 6.10 Å². The van der Waals surface area contributed by atoms with Crippen molar-refractivity contribution in [3.63, 3.8) is 0 Å². The maximum Gasteiger partial charge on any atom is 0.0732 e. The van der Waals surface area contributed by atoms with Gasteiger partial charge in [0.15, 0.2) is 0 Å². The molecule has 0 saturated carbocycles. The number of para-hydroxylation sites is 1. The molecule has 1 saturated heterocycles. The number of rotatable bonds is 6. The first-order valence-electron chi connectivity index (χ1n) is 6.95. The van der Waals surface area contributed by atoms with Gasteiger partial charge >= 0.3 is 0 Å². The van der Waals surface area contributed by atoms with Crippen molar-refractivity contribution >= 4 is 22.7 Å². The number of nitrogens with one attached hydrogen (secondary N) is 2. The van der Waals surface area contributed by atoms with Crippen molar-refractivity contribution in [2.75, 3.05) is 25.4 Å². The molecule has 0 radical (unpaired) electrons. The second-order valence-corrected chi connectivity index (χ2v) is 6.05. The first-order valence-corrected chi connectivity index (χ1v) is 7.93. The lowest BCUT2D eigenvalue weighted by Gasteiger charge is -2.09. The quantitative estimate of drug-likeness (QED) is 0.629. The minimum atomic E-state index is 0.443. The van der Waals surface area contributed by atoms with Gasteiger partial charge in [0.25, 0.3) is 0 Å². The van der Waals surface area contributed by atoms with Crippen LogP contribution in [0.2, 0.25) is 0 Å². The summed E-state index contributed by atoms with van der Waals surface area (Å²) in [5, 5.41) is 6.01. The SMILES string of the molecule is c1ccc2[nH]c(SCCNCC3CCCO3)cc2c1. The van der Waals surface area contributed by atoms with Crippen LogP contribution in [-0.4, -0.2) is 36.5 Å². The van der Waals surface area contributed by atoms with Crippen LogP contribution in [0.25, 0.3) is 10.9 Å². The highest BCUT2D eigenvalue weighted by Gasteiger charge is 2.14. The molecule has 3 nitrogen and oxygen atoms in total. The molecule has 1 unspecified atom stereocenters. The number of H-pyrrole nitrogens is 1. The third-order valence-corrected chi connectivity index (χ3v) is 4.38. The number of aromatic nitrogens is 1. The Morgan fingerprint density at radius 2 is 2.32 bits per heavy atom. The molecule has 0 aliphatic carbocycles. The fourth-order valence-electron chi connectivity index (χ4n) is 2.43. The third kappa shape index (κ3) is 3.53. The van der Waals surface area contributed by atoms with Gasteiger partial charge in [-0.25, -0.2) is 0 Å². The summed E-state index contributed by atoms with van der Waals surface area (Å²) >= 11 is 1.87. The molecule has 4 heteroatoms. The summed E-state index contributed by atoms with van der Waals surface area (Å²) in [6, 6.07) is 10.6. The summed E-state index contributed by atoms with van der Waals surface area (Å²) in [5.41, 5.74) is 1.22. The Balaban J connectivity index is 1.39. The third-order valence-electron chi connectivity index (χ3n) is 3.44. The average Bonchev–Trinajstić information content (AvgIpc) is 3.06.